The number of piperidine rings is 1. The van der Waals surface area contributed by atoms with Gasteiger partial charge in [-0.3, -0.25) is 9.59 Å². The van der Waals surface area contributed by atoms with E-state index >= 15 is 0 Å². The molecule has 0 aliphatic carbocycles. The van der Waals surface area contributed by atoms with Crippen LogP contribution in [-0.2, 0) is 4.79 Å². The van der Waals surface area contributed by atoms with E-state index in [-0.39, 0.29) is 11.8 Å². The topological polar surface area (TPSA) is 110 Å². The molecule has 2 rings (SSSR count). The lowest BCUT2D eigenvalue weighted by Crippen LogP contribution is -2.50. The fraction of sp³-hybridized carbons (Fsp3) is 0.333. The quantitative estimate of drug-likeness (QED) is 0.546. The molecule has 0 radical (unpaired) electrons. The van der Waals surface area contributed by atoms with Crippen molar-refractivity contribution < 1.29 is 9.59 Å². The van der Waals surface area contributed by atoms with E-state index in [1.165, 1.54) is 6.07 Å². The highest BCUT2D eigenvalue weighted by Gasteiger charge is 2.24. The Morgan fingerprint density at radius 1 is 1.39 bits per heavy atom. The van der Waals surface area contributed by atoms with E-state index in [0.717, 1.165) is 6.42 Å². The summed E-state index contributed by atoms with van der Waals surface area (Å²) in [5, 5.41) is 5.38. The third-order valence-electron chi connectivity index (χ3n) is 2.91. The molecule has 1 aromatic rings. The molecule has 0 spiro atoms. The first-order valence-corrected chi connectivity index (χ1v) is 5.81. The SMILES string of the molecule is Nc1ccc(C(=O)NC2CCCNC2=O)c(N)c1. The molecule has 6 N–H and O–H groups in total. The second-order valence-electron chi connectivity index (χ2n) is 4.31. The number of nitrogens with two attached hydrogens (primary N) is 2. The number of carbonyl (C=O) groups is 2. The zero-order valence-corrected chi connectivity index (χ0v) is 9.90. The first-order chi connectivity index (χ1) is 8.58. The summed E-state index contributed by atoms with van der Waals surface area (Å²) in [5.41, 5.74) is 12.4. The van der Waals surface area contributed by atoms with Crippen LogP contribution in [0.2, 0.25) is 0 Å². The lowest BCUT2D eigenvalue weighted by Gasteiger charge is -2.23. The van der Waals surface area contributed by atoms with Gasteiger partial charge in [-0.05, 0) is 31.0 Å². The van der Waals surface area contributed by atoms with Crippen molar-refractivity contribution in [3.05, 3.63) is 23.8 Å². The Kier molecular flexibility index (Phi) is 3.36. The predicted octanol–water partition coefficient (Wildman–Crippen LogP) is -0.141. The van der Waals surface area contributed by atoms with Crippen LogP contribution in [0.3, 0.4) is 0 Å². The summed E-state index contributed by atoms with van der Waals surface area (Å²) < 4.78 is 0. The van der Waals surface area contributed by atoms with Gasteiger partial charge in [0.1, 0.15) is 6.04 Å². The van der Waals surface area contributed by atoms with Crippen LogP contribution in [0.1, 0.15) is 23.2 Å². The number of nitrogens with one attached hydrogen (secondary N) is 2. The van der Waals surface area contributed by atoms with Crippen molar-refractivity contribution in [3.63, 3.8) is 0 Å². The summed E-state index contributed by atoms with van der Waals surface area (Å²) >= 11 is 0. The van der Waals surface area contributed by atoms with E-state index in [1.807, 2.05) is 0 Å². The second kappa shape index (κ2) is 4.95. The minimum atomic E-state index is -0.483. The Morgan fingerprint density at radius 3 is 2.83 bits per heavy atom. The van der Waals surface area contributed by atoms with Crippen molar-refractivity contribution in [3.8, 4) is 0 Å². The van der Waals surface area contributed by atoms with Crippen LogP contribution in [0.5, 0.6) is 0 Å². The summed E-state index contributed by atoms with van der Waals surface area (Å²) in [6, 6.07) is 4.20. The van der Waals surface area contributed by atoms with Gasteiger partial charge in [0.05, 0.1) is 5.56 Å². The Labute approximate surface area is 105 Å². The largest absolute Gasteiger partial charge is 0.399 e. The number of anilines is 2. The first-order valence-electron chi connectivity index (χ1n) is 5.81. The molecule has 1 unspecified atom stereocenters. The normalized spacial score (nSPS) is 19.1. The Hall–Kier alpha value is -2.24. The first kappa shape index (κ1) is 12.2. The van der Waals surface area contributed by atoms with Crippen molar-refractivity contribution >= 4 is 23.2 Å². The van der Waals surface area contributed by atoms with Gasteiger partial charge in [0.2, 0.25) is 5.91 Å². The molecule has 1 atom stereocenters. The van der Waals surface area contributed by atoms with E-state index in [1.54, 1.807) is 12.1 Å². The molecule has 2 amide bonds. The lowest BCUT2D eigenvalue weighted by molar-refractivity contribution is -0.124. The molecule has 0 bridgehead atoms. The summed E-state index contributed by atoms with van der Waals surface area (Å²) in [4.78, 5) is 23.5. The number of hydrogen-bond donors (Lipinski definition) is 4. The third kappa shape index (κ3) is 2.53. The number of benzene rings is 1. The van der Waals surface area contributed by atoms with Crippen molar-refractivity contribution in [1.82, 2.24) is 10.6 Å². The maximum absolute atomic E-state index is 12.0. The maximum atomic E-state index is 12.0. The lowest BCUT2D eigenvalue weighted by atomic mass is 10.1. The summed E-state index contributed by atoms with van der Waals surface area (Å²) in [5.74, 6) is -0.502. The van der Waals surface area contributed by atoms with Gasteiger partial charge in [-0.25, -0.2) is 0 Å². The molecular formula is C12H16N4O2. The van der Waals surface area contributed by atoms with E-state index in [0.29, 0.717) is 29.9 Å². The molecule has 18 heavy (non-hydrogen) atoms. The van der Waals surface area contributed by atoms with Crippen LogP contribution in [0.25, 0.3) is 0 Å². The van der Waals surface area contributed by atoms with Gasteiger partial charge < -0.3 is 22.1 Å². The monoisotopic (exact) mass is 248 g/mol. The molecule has 0 aromatic heterocycles. The minimum absolute atomic E-state index is 0.149. The van der Waals surface area contributed by atoms with Gasteiger partial charge in [0, 0.05) is 17.9 Å². The molecule has 1 aliphatic rings. The van der Waals surface area contributed by atoms with Crippen LogP contribution < -0.4 is 22.1 Å². The highest BCUT2D eigenvalue weighted by atomic mass is 16.2. The second-order valence-corrected chi connectivity index (χ2v) is 4.31. The Bertz CT molecular complexity index is 487. The number of nitrogen functional groups attached to an aromatic ring is 2. The third-order valence-corrected chi connectivity index (χ3v) is 2.91. The Balaban J connectivity index is 2.09. The Morgan fingerprint density at radius 2 is 2.17 bits per heavy atom. The maximum Gasteiger partial charge on any atom is 0.254 e. The smallest absolute Gasteiger partial charge is 0.254 e. The summed E-state index contributed by atoms with van der Waals surface area (Å²) in [6.45, 7) is 0.662. The zero-order valence-electron chi connectivity index (χ0n) is 9.90. The van der Waals surface area contributed by atoms with Crippen LogP contribution in [0.15, 0.2) is 18.2 Å². The fourth-order valence-corrected chi connectivity index (χ4v) is 1.93. The zero-order chi connectivity index (χ0) is 13.1. The van der Waals surface area contributed by atoms with Gasteiger partial charge in [0.25, 0.3) is 5.91 Å². The van der Waals surface area contributed by atoms with Crippen molar-refractivity contribution in [2.45, 2.75) is 18.9 Å². The van der Waals surface area contributed by atoms with Gasteiger partial charge in [-0.1, -0.05) is 0 Å². The predicted molar refractivity (Wildman–Crippen MR) is 68.8 cm³/mol. The summed E-state index contributed by atoms with van der Waals surface area (Å²) in [6.07, 6.45) is 1.50. The molecule has 0 saturated carbocycles. The number of amides is 2. The molecule has 1 heterocycles. The highest BCUT2D eigenvalue weighted by Crippen LogP contribution is 2.16. The molecule has 6 nitrogen and oxygen atoms in total. The van der Waals surface area contributed by atoms with E-state index in [4.69, 9.17) is 11.5 Å². The van der Waals surface area contributed by atoms with E-state index in [2.05, 4.69) is 10.6 Å². The van der Waals surface area contributed by atoms with Crippen LogP contribution in [0.4, 0.5) is 11.4 Å². The molecule has 1 aliphatic heterocycles. The fourth-order valence-electron chi connectivity index (χ4n) is 1.93. The molecule has 6 heteroatoms. The van der Waals surface area contributed by atoms with Crippen molar-refractivity contribution in [2.75, 3.05) is 18.0 Å². The van der Waals surface area contributed by atoms with Crippen LogP contribution in [0, 0.1) is 0 Å². The van der Waals surface area contributed by atoms with E-state index < -0.39 is 6.04 Å². The highest BCUT2D eigenvalue weighted by molar-refractivity contribution is 6.01. The van der Waals surface area contributed by atoms with Crippen molar-refractivity contribution in [1.29, 1.82) is 0 Å². The molecule has 1 fully saturated rings. The van der Waals surface area contributed by atoms with Gasteiger partial charge in [0.15, 0.2) is 0 Å². The average molecular weight is 248 g/mol. The van der Waals surface area contributed by atoms with Gasteiger partial charge in [-0.15, -0.1) is 0 Å². The van der Waals surface area contributed by atoms with Gasteiger partial charge in [-0.2, -0.15) is 0 Å². The molecule has 1 aromatic carbocycles. The molecule has 1 saturated heterocycles. The molecule has 96 valence electrons. The summed E-state index contributed by atoms with van der Waals surface area (Å²) in [7, 11) is 0. The number of rotatable bonds is 2. The van der Waals surface area contributed by atoms with Gasteiger partial charge >= 0.3 is 0 Å². The molecular weight excluding hydrogens is 232 g/mol. The standard InChI is InChI=1S/C12H16N4O2/c13-7-3-4-8(9(14)6-7)11(17)16-10-2-1-5-15-12(10)18/h3-4,6,10H,1-2,5,13-14H2,(H,15,18)(H,16,17). The van der Waals surface area contributed by atoms with E-state index in [9.17, 15) is 9.59 Å². The van der Waals surface area contributed by atoms with Crippen LogP contribution >= 0.6 is 0 Å². The van der Waals surface area contributed by atoms with Crippen LogP contribution in [-0.4, -0.2) is 24.4 Å². The van der Waals surface area contributed by atoms with Crippen molar-refractivity contribution in [2.24, 2.45) is 0 Å². The number of hydrogen-bond acceptors (Lipinski definition) is 4. The number of carbonyl (C=O) groups excluding carboxylic acids is 2. The average Bonchev–Trinajstić information content (AvgIpc) is 2.32. The minimum Gasteiger partial charge on any atom is -0.399 e.